The number of hydrogen-bond donors (Lipinski definition) is 2. The summed E-state index contributed by atoms with van der Waals surface area (Å²) in [6.45, 7) is 4.68. The smallest absolute Gasteiger partial charge is 0.326 e. The lowest BCUT2D eigenvalue weighted by Gasteiger charge is -2.17. The Balaban J connectivity index is 2.35. The summed E-state index contributed by atoms with van der Waals surface area (Å²) in [5.41, 5.74) is 1.40. The zero-order valence-electron chi connectivity index (χ0n) is 13.6. The summed E-state index contributed by atoms with van der Waals surface area (Å²) in [6.07, 6.45) is 1.75. The molecule has 0 radical (unpaired) electrons. The number of hydrogen-bond acceptors (Lipinski definition) is 3. The molecule has 0 fully saturated rings. The fourth-order valence-corrected chi connectivity index (χ4v) is 2.53. The first kappa shape index (κ1) is 17.0. The molecule has 0 saturated carbocycles. The van der Waals surface area contributed by atoms with Crippen LogP contribution in [0.25, 0.3) is 10.9 Å². The number of ether oxygens (including phenoxy) is 1. The van der Waals surface area contributed by atoms with Crippen LogP contribution >= 0.6 is 0 Å². The second-order valence-electron chi connectivity index (χ2n) is 5.78. The van der Waals surface area contributed by atoms with Crippen LogP contribution in [0.4, 0.5) is 0 Å². The highest BCUT2D eigenvalue weighted by atomic mass is 16.5. The van der Waals surface area contributed by atoms with Gasteiger partial charge in [0.1, 0.15) is 6.04 Å². The van der Waals surface area contributed by atoms with Crippen molar-refractivity contribution in [2.45, 2.75) is 26.4 Å². The van der Waals surface area contributed by atoms with E-state index in [4.69, 9.17) is 4.74 Å². The van der Waals surface area contributed by atoms with Crippen molar-refractivity contribution in [1.29, 1.82) is 0 Å². The van der Waals surface area contributed by atoms with E-state index in [-0.39, 0.29) is 11.8 Å². The minimum absolute atomic E-state index is 0.196. The van der Waals surface area contributed by atoms with E-state index in [1.54, 1.807) is 27.2 Å². The van der Waals surface area contributed by atoms with E-state index in [0.717, 1.165) is 10.9 Å². The van der Waals surface area contributed by atoms with Crippen LogP contribution in [0, 0.1) is 5.92 Å². The highest BCUT2D eigenvalue weighted by molar-refractivity contribution is 6.07. The Kier molecular flexibility index (Phi) is 5.39. The highest BCUT2D eigenvalue weighted by Gasteiger charge is 2.25. The van der Waals surface area contributed by atoms with E-state index in [0.29, 0.717) is 18.7 Å². The number of fused-ring (bicyclic) bond motifs is 1. The third-order valence-corrected chi connectivity index (χ3v) is 3.79. The second kappa shape index (κ2) is 7.28. The number of carbonyl (C=O) groups excluding carboxylic acids is 1. The molecule has 2 N–H and O–H groups in total. The van der Waals surface area contributed by atoms with E-state index in [2.05, 4.69) is 5.32 Å². The number of aromatic nitrogens is 1. The van der Waals surface area contributed by atoms with Gasteiger partial charge < -0.3 is 19.7 Å². The lowest BCUT2D eigenvalue weighted by Crippen LogP contribution is -2.44. The molecule has 1 heterocycles. The molecule has 1 aromatic carbocycles. The molecule has 23 heavy (non-hydrogen) atoms. The average molecular weight is 318 g/mol. The number of amides is 1. The van der Waals surface area contributed by atoms with E-state index in [1.807, 2.05) is 28.8 Å². The Hall–Kier alpha value is -2.34. The van der Waals surface area contributed by atoms with Gasteiger partial charge in [-0.25, -0.2) is 4.79 Å². The zero-order valence-corrected chi connectivity index (χ0v) is 13.6. The van der Waals surface area contributed by atoms with Gasteiger partial charge in [-0.1, -0.05) is 32.0 Å². The Morgan fingerprint density at radius 1 is 1.30 bits per heavy atom. The third kappa shape index (κ3) is 3.71. The van der Waals surface area contributed by atoms with Crippen molar-refractivity contribution in [3.05, 3.63) is 36.0 Å². The lowest BCUT2D eigenvalue weighted by atomic mass is 10.0. The van der Waals surface area contributed by atoms with Gasteiger partial charge in [-0.15, -0.1) is 0 Å². The number of methoxy groups -OCH3 is 1. The van der Waals surface area contributed by atoms with E-state index < -0.39 is 12.0 Å². The molecule has 2 rings (SSSR count). The fourth-order valence-electron chi connectivity index (χ4n) is 2.53. The van der Waals surface area contributed by atoms with Gasteiger partial charge in [0.15, 0.2) is 0 Å². The predicted octanol–water partition coefficient (Wildman–Crippen LogP) is 2.13. The van der Waals surface area contributed by atoms with Gasteiger partial charge >= 0.3 is 5.97 Å². The Morgan fingerprint density at radius 2 is 2.00 bits per heavy atom. The number of carboxylic acid groups (broad SMARTS) is 1. The summed E-state index contributed by atoms with van der Waals surface area (Å²) in [5.74, 6) is -1.60. The monoisotopic (exact) mass is 318 g/mol. The van der Waals surface area contributed by atoms with Gasteiger partial charge in [0, 0.05) is 30.8 Å². The van der Waals surface area contributed by atoms with Crippen molar-refractivity contribution in [3.63, 3.8) is 0 Å². The van der Waals surface area contributed by atoms with Crippen LogP contribution < -0.4 is 5.32 Å². The lowest BCUT2D eigenvalue weighted by molar-refractivity contribution is -0.140. The standard InChI is InChI=1S/C17H22N2O4/c1-11(2)15(17(21)22)18-16(20)13-10-19(8-9-23-3)14-7-5-4-6-12(13)14/h4-7,10-11,15H,8-9H2,1-3H3,(H,18,20)(H,21,22). The molecule has 6 nitrogen and oxygen atoms in total. The molecule has 0 spiro atoms. The highest BCUT2D eigenvalue weighted by Crippen LogP contribution is 2.21. The number of benzene rings is 1. The van der Waals surface area contributed by atoms with Crippen molar-refractivity contribution in [2.75, 3.05) is 13.7 Å². The maximum absolute atomic E-state index is 12.5. The fraction of sp³-hybridized carbons (Fsp3) is 0.412. The van der Waals surface area contributed by atoms with Crippen LogP contribution in [0.15, 0.2) is 30.5 Å². The number of carbonyl (C=O) groups is 2. The summed E-state index contributed by atoms with van der Waals surface area (Å²) in [6, 6.07) is 6.64. The van der Waals surface area contributed by atoms with Crippen LogP contribution in [0.2, 0.25) is 0 Å². The van der Waals surface area contributed by atoms with Crippen LogP contribution in [-0.2, 0) is 16.1 Å². The summed E-state index contributed by atoms with van der Waals surface area (Å²) in [7, 11) is 1.62. The number of nitrogens with one attached hydrogen (secondary N) is 1. The van der Waals surface area contributed by atoms with Gasteiger partial charge in [-0.05, 0) is 12.0 Å². The van der Waals surface area contributed by atoms with Crippen LogP contribution in [0.1, 0.15) is 24.2 Å². The summed E-state index contributed by atoms with van der Waals surface area (Å²) in [5, 5.41) is 12.6. The molecule has 0 aliphatic rings. The van der Waals surface area contributed by atoms with Crippen LogP contribution in [-0.4, -0.2) is 41.3 Å². The Morgan fingerprint density at radius 3 is 2.61 bits per heavy atom. The molecule has 1 amide bonds. The maximum Gasteiger partial charge on any atom is 0.326 e. The first-order valence-corrected chi connectivity index (χ1v) is 7.56. The largest absolute Gasteiger partial charge is 0.480 e. The Bertz CT molecular complexity index is 706. The van der Waals surface area contributed by atoms with Crippen LogP contribution in [0.3, 0.4) is 0 Å². The molecule has 1 unspecified atom stereocenters. The normalized spacial score (nSPS) is 12.5. The molecule has 0 aliphatic carbocycles. The van der Waals surface area contributed by atoms with Gasteiger partial charge in [-0.2, -0.15) is 0 Å². The second-order valence-corrected chi connectivity index (χ2v) is 5.78. The molecule has 1 aromatic heterocycles. The first-order chi connectivity index (χ1) is 11.0. The minimum Gasteiger partial charge on any atom is -0.480 e. The number of aliphatic carboxylic acids is 1. The molecule has 0 bridgehead atoms. The average Bonchev–Trinajstić information content (AvgIpc) is 2.88. The molecular formula is C17H22N2O4. The molecule has 2 aromatic rings. The molecular weight excluding hydrogens is 296 g/mol. The molecule has 0 aliphatic heterocycles. The molecule has 1 atom stereocenters. The van der Waals surface area contributed by atoms with E-state index in [9.17, 15) is 14.7 Å². The van der Waals surface area contributed by atoms with Gasteiger partial charge in [0.25, 0.3) is 5.91 Å². The number of nitrogens with zero attached hydrogens (tertiary/aromatic N) is 1. The van der Waals surface area contributed by atoms with Gasteiger partial charge in [0.05, 0.1) is 12.2 Å². The quantitative estimate of drug-likeness (QED) is 0.819. The minimum atomic E-state index is -1.03. The van der Waals surface area contributed by atoms with E-state index >= 15 is 0 Å². The Labute approximate surface area is 135 Å². The maximum atomic E-state index is 12.5. The topological polar surface area (TPSA) is 80.6 Å². The summed E-state index contributed by atoms with van der Waals surface area (Å²) >= 11 is 0. The summed E-state index contributed by atoms with van der Waals surface area (Å²) in [4.78, 5) is 23.8. The summed E-state index contributed by atoms with van der Waals surface area (Å²) < 4.78 is 7.04. The molecule has 0 saturated heterocycles. The molecule has 6 heteroatoms. The molecule has 124 valence electrons. The van der Waals surface area contributed by atoms with Crippen molar-refractivity contribution in [3.8, 4) is 0 Å². The first-order valence-electron chi connectivity index (χ1n) is 7.56. The van der Waals surface area contributed by atoms with Crippen LogP contribution in [0.5, 0.6) is 0 Å². The van der Waals surface area contributed by atoms with Crippen molar-refractivity contribution >= 4 is 22.8 Å². The SMILES string of the molecule is COCCn1cc(C(=O)NC(C(=O)O)C(C)C)c2ccccc21. The van der Waals surface area contributed by atoms with Crippen molar-refractivity contribution < 1.29 is 19.4 Å². The van der Waals surface area contributed by atoms with Crippen molar-refractivity contribution in [2.24, 2.45) is 5.92 Å². The number of carboxylic acids is 1. The zero-order chi connectivity index (χ0) is 17.0. The van der Waals surface area contributed by atoms with Gasteiger partial charge in [0.2, 0.25) is 0 Å². The number of para-hydroxylation sites is 1. The van der Waals surface area contributed by atoms with Gasteiger partial charge in [-0.3, -0.25) is 4.79 Å². The van der Waals surface area contributed by atoms with E-state index in [1.165, 1.54) is 0 Å². The van der Waals surface area contributed by atoms with Crippen molar-refractivity contribution in [1.82, 2.24) is 9.88 Å². The number of rotatable bonds is 7. The third-order valence-electron chi connectivity index (χ3n) is 3.79. The predicted molar refractivity (Wildman–Crippen MR) is 87.5 cm³/mol.